The SMILES string of the molecule is CN1CCN(C(=N)NC(=N)Nc2ccc(Cl)c(Cl)c2)CC1. The standard InChI is InChI=1S/C13H18Cl2N6/c1-20-4-6-21(7-5-20)13(17)19-12(16)18-9-2-3-10(14)11(15)8-9/h2-3,8H,4-7H2,1H3,(H4,16,17,18,19). The second kappa shape index (κ2) is 6.98. The molecular formula is C13H18Cl2N6. The van der Waals surface area contributed by atoms with Crippen molar-refractivity contribution in [2.45, 2.75) is 0 Å². The number of rotatable bonds is 1. The number of guanidine groups is 2. The first-order valence-electron chi connectivity index (χ1n) is 6.55. The van der Waals surface area contributed by atoms with Gasteiger partial charge in [-0.3, -0.25) is 16.1 Å². The van der Waals surface area contributed by atoms with Gasteiger partial charge in [0.1, 0.15) is 0 Å². The molecule has 8 heteroatoms. The average Bonchev–Trinajstić information content (AvgIpc) is 2.43. The van der Waals surface area contributed by atoms with Crippen molar-refractivity contribution >= 4 is 40.8 Å². The monoisotopic (exact) mass is 328 g/mol. The van der Waals surface area contributed by atoms with Crippen molar-refractivity contribution in [2.75, 3.05) is 38.5 Å². The molecule has 0 spiro atoms. The molecule has 0 aromatic heterocycles. The van der Waals surface area contributed by atoms with Gasteiger partial charge in [-0.2, -0.15) is 0 Å². The van der Waals surface area contributed by atoms with E-state index in [1.54, 1.807) is 18.2 Å². The summed E-state index contributed by atoms with van der Waals surface area (Å²) in [6, 6.07) is 5.02. The predicted molar refractivity (Wildman–Crippen MR) is 87.7 cm³/mol. The van der Waals surface area contributed by atoms with Crippen LogP contribution in [-0.4, -0.2) is 54.9 Å². The largest absolute Gasteiger partial charge is 0.340 e. The van der Waals surface area contributed by atoms with E-state index in [2.05, 4.69) is 22.6 Å². The van der Waals surface area contributed by atoms with E-state index in [-0.39, 0.29) is 11.9 Å². The Bertz CT molecular complexity index is 539. The van der Waals surface area contributed by atoms with E-state index in [4.69, 9.17) is 34.0 Å². The van der Waals surface area contributed by atoms with Crippen molar-refractivity contribution in [2.24, 2.45) is 0 Å². The molecule has 0 unspecified atom stereocenters. The molecule has 1 heterocycles. The molecule has 1 aliphatic rings. The van der Waals surface area contributed by atoms with E-state index in [1.165, 1.54) is 0 Å². The van der Waals surface area contributed by atoms with Crippen LogP contribution in [0, 0.1) is 10.8 Å². The first-order valence-corrected chi connectivity index (χ1v) is 7.31. The summed E-state index contributed by atoms with van der Waals surface area (Å²) in [7, 11) is 2.06. The third kappa shape index (κ3) is 4.49. The maximum absolute atomic E-state index is 7.99. The van der Waals surface area contributed by atoms with E-state index in [1.807, 2.05) is 4.90 Å². The molecule has 0 bridgehead atoms. The maximum Gasteiger partial charge on any atom is 0.199 e. The van der Waals surface area contributed by atoms with Crippen molar-refractivity contribution in [3.63, 3.8) is 0 Å². The number of nitrogens with zero attached hydrogens (tertiary/aromatic N) is 2. The molecule has 0 atom stereocenters. The first kappa shape index (κ1) is 15.9. The molecule has 4 N–H and O–H groups in total. The van der Waals surface area contributed by atoms with Crippen LogP contribution in [0.15, 0.2) is 18.2 Å². The van der Waals surface area contributed by atoms with Crippen LogP contribution in [0.5, 0.6) is 0 Å². The van der Waals surface area contributed by atoms with Gasteiger partial charge in [-0.15, -0.1) is 0 Å². The molecule has 1 aliphatic heterocycles. The minimum Gasteiger partial charge on any atom is -0.340 e. The summed E-state index contributed by atoms with van der Waals surface area (Å²) < 4.78 is 0. The summed E-state index contributed by atoms with van der Waals surface area (Å²) in [5.41, 5.74) is 0.646. The number of piperazine rings is 1. The van der Waals surface area contributed by atoms with Gasteiger partial charge in [-0.25, -0.2) is 0 Å². The van der Waals surface area contributed by atoms with Gasteiger partial charge in [-0.1, -0.05) is 23.2 Å². The van der Waals surface area contributed by atoms with Crippen LogP contribution < -0.4 is 10.6 Å². The third-order valence-electron chi connectivity index (χ3n) is 3.25. The van der Waals surface area contributed by atoms with Gasteiger partial charge >= 0.3 is 0 Å². The summed E-state index contributed by atoms with van der Waals surface area (Å²) in [6.07, 6.45) is 0. The minimum absolute atomic E-state index is 0.0253. The van der Waals surface area contributed by atoms with E-state index in [0.717, 1.165) is 26.2 Å². The summed E-state index contributed by atoms with van der Waals surface area (Å²) in [6.45, 7) is 3.39. The van der Waals surface area contributed by atoms with Gasteiger partial charge < -0.3 is 15.1 Å². The Morgan fingerprint density at radius 3 is 2.38 bits per heavy atom. The van der Waals surface area contributed by atoms with Crippen molar-refractivity contribution in [1.82, 2.24) is 15.1 Å². The fourth-order valence-corrected chi connectivity index (χ4v) is 2.28. The smallest absolute Gasteiger partial charge is 0.199 e. The van der Waals surface area contributed by atoms with Crippen molar-refractivity contribution in [3.05, 3.63) is 28.2 Å². The quantitative estimate of drug-likeness (QED) is 0.470. The normalized spacial score (nSPS) is 15.7. The summed E-state index contributed by atoms with van der Waals surface area (Å²) >= 11 is 11.8. The van der Waals surface area contributed by atoms with Crippen LogP contribution in [-0.2, 0) is 0 Å². The third-order valence-corrected chi connectivity index (χ3v) is 3.99. The van der Waals surface area contributed by atoms with Crippen LogP contribution in [0.1, 0.15) is 0 Å². The van der Waals surface area contributed by atoms with Gasteiger partial charge in [-0.05, 0) is 25.2 Å². The highest BCUT2D eigenvalue weighted by Gasteiger charge is 2.17. The Morgan fingerprint density at radius 2 is 1.76 bits per heavy atom. The maximum atomic E-state index is 7.99. The second-order valence-electron chi connectivity index (χ2n) is 4.89. The van der Waals surface area contributed by atoms with Crippen molar-refractivity contribution < 1.29 is 0 Å². The topological polar surface area (TPSA) is 78.2 Å². The Hall–Kier alpha value is -1.50. The van der Waals surface area contributed by atoms with Gasteiger partial charge in [0.05, 0.1) is 10.0 Å². The van der Waals surface area contributed by atoms with Crippen LogP contribution in [0.2, 0.25) is 10.0 Å². The van der Waals surface area contributed by atoms with Crippen LogP contribution in [0.3, 0.4) is 0 Å². The molecule has 0 aliphatic carbocycles. The molecule has 1 aromatic rings. The van der Waals surface area contributed by atoms with E-state index >= 15 is 0 Å². The Morgan fingerprint density at radius 1 is 1.10 bits per heavy atom. The van der Waals surface area contributed by atoms with Crippen molar-refractivity contribution in [3.8, 4) is 0 Å². The highest BCUT2D eigenvalue weighted by Crippen LogP contribution is 2.24. The fraction of sp³-hybridized carbons (Fsp3) is 0.385. The number of halogens is 2. The Balaban J connectivity index is 1.86. The first-order chi connectivity index (χ1) is 9.95. The molecule has 1 saturated heterocycles. The lowest BCUT2D eigenvalue weighted by atomic mass is 10.3. The number of hydrogen-bond acceptors (Lipinski definition) is 3. The zero-order valence-corrected chi connectivity index (χ0v) is 13.2. The molecule has 0 amide bonds. The number of likely N-dealkylation sites (N-methyl/N-ethyl adjacent to an activating group) is 1. The van der Waals surface area contributed by atoms with E-state index in [0.29, 0.717) is 15.7 Å². The molecule has 2 rings (SSSR count). The van der Waals surface area contributed by atoms with E-state index < -0.39 is 0 Å². The number of benzene rings is 1. The number of anilines is 1. The van der Waals surface area contributed by atoms with Gasteiger partial charge in [0.15, 0.2) is 11.9 Å². The van der Waals surface area contributed by atoms with Gasteiger partial charge in [0.2, 0.25) is 0 Å². The predicted octanol–water partition coefficient (Wildman–Crippen LogP) is 2.11. The molecule has 6 nitrogen and oxygen atoms in total. The van der Waals surface area contributed by atoms with Crippen LogP contribution in [0.4, 0.5) is 5.69 Å². The summed E-state index contributed by atoms with van der Waals surface area (Å²) in [5, 5.41) is 22.3. The molecular weight excluding hydrogens is 311 g/mol. The fourth-order valence-electron chi connectivity index (χ4n) is 1.98. The molecule has 1 fully saturated rings. The molecule has 1 aromatic carbocycles. The highest BCUT2D eigenvalue weighted by atomic mass is 35.5. The zero-order valence-electron chi connectivity index (χ0n) is 11.7. The van der Waals surface area contributed by atoms with E-state index in [9.17, 15) is 0 Å². The number of hydrogen-bond donors (Lipinski definition) is 4. The molecule has 114 valence electrons. The lowest BCUT2D eigenvalue weighted by Crippen LogP contribution is -2.52. The summed E-state index contributed by atoms with van der Waals surface area (Å²) in [5.74, 6) is 0.248. The van der Waals surface area contributed by atoms with Gasteiger partial charge in [0.25, 0.3) is 0 Å². The Labute approximate surface area is 134 Å². The Kier molecular flexibility index (Phi) is 5.27. The summed E-state index contributed by atoms with van der Waals surface area (Å²) in [4.78, 5) is 4.12. The van der Waals surface area contributed by atoms with Crippen molar-refractivity contribution in [1.29, 1.82) is 10.8 Å². The zero-order chi connectivity index (χ0) is 15.4. The lowest BCUT2D eigenvalue weighted by molar-refractivity contribution is 0.212. The number of nitrogens with one attached hydrogen (secondary N) is 4. The second-order valence-corrected chi connectivity index (χ2v) is 5.71. The lowest BCUT2D eigenvalue weighted by Gasteiger charge is -2.34. The van der Waals surface area contributed by atoms with Crippen LogP contribution in [0.25, 0.3) is 0 Å². The highest BCUT2D eigenvalue weighted by molar-refractivity contribution is 6.42. The molecule has 0 saturated carbocycles. The molecule has 21 heavy (non-hydrogen) atoms. The minimum atomic E-state index is 0.0253. The molecule has 0 radical (unpaired) electrons. The van der Waals surface area contributed by atoms with Gasteiger partial charge in [0, 0.05) is 31.9 Å². The van der Waals surface area contributed by atoms with Crippen LogP contribution >= 0.6 is 23.2 Å². The average molecular weight is 329 g/mol.